The third-order valence-corrected chi connectivity index (χ3v) is 1.75. The normalized spacial score (nSPS) is 11.4. The van der Waals surface area contributed by atoms with Gasteiger partial charge in [-0.25, -0.2) is 0 Å². The summed E-state index contributed by atoms with van der Waals surface area (Å²) < 4.78 is 41.4. The molecule has 1 aromatic heterocycles. The molecular weight excluding hydrogens is 221 g/mol. The Morgan fingerprint density at radius 2 is 1.93 bits per heavy atom. The standard InChI is InChI=1S/C7H4BF3NO.K/c9-8(10,11)6-1-2-7-5(3-6)4-12-13-7;/h1-4H;/q-1;+1. The smallest absolute Gasteiger partial charge is 0.445 e. The van der Waals surface area contributed by atoms with Gasteiger partial charge in [0.25, 0.3) is 0 Å². The van der Waals surface area contributed by atoms with Crippen molar-refractivity contribution in [2.45, 2.75) is 0 Å². The predicted molar refractivity (Wildman–Crippen MR) is 42.7 cm³/mol. The molecule has 7 heteroatoms. The number of nitrogens with zero attached hydrogens (tertiary/aromatic N) is 1. The first-order chi connectivity index (χ1) is 6.07. The minimum Gasteiger partial charge on any atom is -0.445 e. The van der Waals surface area contributed by atoms with Crippen LogP contribution in [0.3, 0.4) is 0 Å². The van der Waals surface area contributed by atoms with E-state index >= 15 is 0 Å². The quantitative estimate of drug-likeness (QED) is 0.575. The number of fused-ring (bicyclic) bond motifs is 1. The van der Waals surface area contributed by atoms with Crippen molar-refractivity contribution >= 4 is 23.4 Å². The second-order valence-corrected chi connectivity index (χ2v) is 2.70. The first kappa shape index (κ1) is 12.3. The van der Waals surface area contributed by atoms with E-state index in [1.165, 1.54) is 12.3 Å². The van der Waals surface area contributed by atoms with Gasteiger partial charge < -0.3 is 17.5 Å². The molecule has 2 aromatic rings. The molecular formula is C7H4BF3KNO. The van der Waals surface area contributed by atoms with Crippen LogP contribution in [-0.4, -0.2) is 12.1 Å². The molecule has 2 rings (SSSR count). The topological polar surface area (TPSA) is 26.0 Å². The van der Waals surface area contributed by atoms with Gasteiger partial charge in [-0.05, 0) is 6.07 Å². The third kappa shape index (κ3) is 2.40. The van der Waals surface area contributed by atoms with E-state index in [4.69, 9.17) is 0 Å². The minimum atomic E-state index is -4.93. The number of hydrogen-bond donors (Lipinski definition) is 0. The van der Waals surface area contributed by atoms with E-state index in [9.17, 15) is 12.9 Å². The third-order valence-electron chi connectivity index (χ3n) is 1.75. The van der Waals surface area contributed by atoms with Crippen molar-refractivity contribution in [2.24, 2.45) is 0 Å². The zero-order valence-corrected chi connectivity index (χ0v) is 10.5. The van der Waals surface area contributed by atoms with Crippen LogP contribution < -0.4 is 56.8 Å². The Labute approximate surface area is 120 Å². The Bertz CT molecular complexity index is 442. The molecule has 0 spiro atoms. The first-order valence-electron chi connectivity index (χ1n) is 3.61. The van der Waals surface area contributed by atoms with Crippen LogP contribution in [0.4, 0.5) is 12.9 Å². The van der Waals surface area contributed by atoms with Gasteiger partial charge in [0.1, 0.15) is 0 Å². The SMILES string of the molecule is F[B-](F)(F)c1ccc2oncc2c1.[K+]. The number of benzene rings is 1. The van der Waals surface area contributed by atoms with Crippen LogP contribution in [0.15, 0.2) is 28.9 Å². The molecule has 0 atom stereocenters. The van der Waals surface area contributed by atoms with Crippen LogP contribution in [0.2, 0.25) is 0 Å². The van der Waals surface area contributed by atoms with Crippen LogP contribution in [0.1, 0.15) is 0 Å². The summed E-state index contributed by atoms with van der Waals surface area (Å²) in [7, 11) is 0. The molecule has 0 radical (unpaired) electrons. The van der Waals surface area contributed by atoms with Crippen LogP contribution >= 0.6 is 0 Å². The first-order valence-corrected chi connectivity index (χ1v) is 3.61. The van der Waals surface area contributed by atoms with Crippen molar-refractivity contribution in [2.75, 3.05) is 0 Å². The number of rotatable bonds is 1. The Balaban J connectivity index is 0.000000980. The van der Waals surface area contributed by atoms with Gasteiger partial charge in [-0.15, -0.1) is 5.46 Å². The van der Waals surface area contributed by atoms with E-state index in [0.717, 1.165) is 12.1 Å². The van der Waals surface area contributed by atoms with E-state index in [1.807, 2.05) is 0 Å². The van der Waals surface area contributed by atoms with Crippen molar-refractivity contribution in [1.29, 1.82) is 0 Å². The zero-order chi connectivity index (χ0) is 9.47. The van der Waals surface area contributed by atoms with E-state index in [-0.39, 0.29) is 51.4 Å². The Morgan fingerprint density at radius 1 is 1.21 bits per heavy atom. The van der Waals surface area contributed by atoms with Gasteiger partial charge in [0.15, 0.2) is 5.58 Å². The number of halogens is 3. The van der Waals surface area contributed by atoms with Gasteiger partial charge in [0, 0.05) is 5.39 Å². The van der Waals surface area contributed by atoms with Gasteiger partial charge in [-0.2, -0.15) is 0 Å². The van der Waals surface area contributed by atoms with Gasteiger partial charge in [-0.3, -0.25) is 0 Å². The van der Waals surface area contributed by atoms with E-state index in [1.54, 1.807) is 0 Å². The Morgan fingerprint density at radius 3 is 2.57 bits per heavy atom. The van der Waals surface area contributed by atoms with Crippen LogP contribution in [-0.2, 0) is 0 Å². The van der Waals surface area contributed by atoms with Gasteiger partial charge in [0.2, 0.25) is 0 Å². The average Bonchev–Trinajstić information content (AvgIpc) is 2.47. The fraction of sp³-hybridized carbons (Fsp3) is 0. The number of hydrogen-bond acceptors (Lipinski definition) is 2. The van der Waals surface area contributed by atoms with E-state index in [0.29, 0.717) is 11.0 Å². The average molecular weight is 225 g/mol. The second-order valence-electron chi connectivity index (χ2n) is 2.70. The minimum absolute atomic E-state index is 0. The fourth-order valence-electron chi connectivity index (χ4n) is 1.09. The summed E-state index contributed by atoms with van der Waals surface area (Å²) in [5, 5.41) is 3.76. The van der Waals surface area contributed by atoms with Crippen molar-refractivity contribution < 1.29 is 68.9 Å². The van der Waals surface area contributed by atoms with Gasteiger partial charge in [-0.1, -0.05) is 17.3 Å². The molecule has 0 N–H and O–H groups in total. The molecule has 68 valence electrons. The molecule has 0 aliphatic rings. The Hall–Kier alpha value is 0.181. The molecule has 1 heterocycles. The largest absolute Gasteiger partial charge is 1.00 e. The van der Waals surface area contributed by atoms with Crippen molar-refractivity contribution in [3.8, 4) is 0 Å². The molecule has 14 heavy (non-hydrogen) atoms. The van der Waals surface area contributed by atoms with Gasteiger partial charge >= 0.3 is 58.4 Å². The van der Waals surface area contributed by atoms with Crippen molar-refractivity contribution in [1.82, 2.24) is 5.16 Å². The molecule has 0 saturated heterocycles. The molecule has 0 saturated carbocycles. The van der Waals surface area contributed by atoms with Crippen LogP contribution in [0.25, 0.3) is 11.0 Å². The maximum absolute atomic E-state index is 12.2. The molecule has 0 bridgehead atoms. The Kier molecular flexibility index (Phi) is 3.82. The van der Waals surface area contributed by atoms with Gasteiger partial charge in [0.05, 0.1) is 6.20 Å². The summed E-state index contributed by atoms with van der Waals surface area (Å²) in [6.45, 7) is -4.93. The summed E-state index contributed by atoms with van der Waals surface area (Å²) in [5.74, 6) is 0. The maximum Gasteiger partial charge on any atom is 1.00 e. The van der Waals surface area contributed by atoms with E-state index < -0.39 is 12.4 Å². The second kappa shape index (κ2) is 4.36. The molecule has 0 fully saturated rings. The summed E-state index contributed by atoms with van der Waals surface area (Å²) >= 11 is 0. The summed E-state index contributed by atoms with van der Waals surface area (Å²) in [6.07, 6.45) is 1.26. The predicted octanol–water partition coefficient (Wildman–Crippen LogP) is -1.11. The van der Waals surface area contributed by atoms with Crippen LogP contribution in [0, 0.1) is 0 Å². The molecule has 0 aliphatic carbocycles. The van der Waals surface area contributed by atoms with Crippen molar-refractivity contribution in [3.63, 3.8) is 0 Å². The maximum atomic E-state index is 12.2. The monoisotopic (exact) mass is 225 g/mol. The zero-order valence-electron chi connectivity index (χ0n) is 7.38. The van der Waals surface area contributed by atoms with Crippen molar-refractivity contribution in [3.05, 3.63) is 24.4 Å². The molecule has 1 aromatic carbocycles. The molecule has 2 nitrogen and oxygen atoms in total. The summed E-state index contributed by atoms with van der Waals surface area (Å²) in [6, 6.07) is 3.30. The molecule has 0 amide bonds. The number of aromatic nitrogens is 1. The molecule has 0 unspecified atom stereocenters. The molecule has 0 aliphatic heterocycles. The van der Waals surface area contributed by atoms with Crippen LogP contribution in [0.5, 0.6) is 0 Å². The van der Waals surface area contributed by atoms with E-state index in [2.05, 4.69) is 9.68 Å². The summed E-state index contributed by atoms with van der Waals surface area (Å²) in [5.41, 5.74) is -0.264. The fourth-order valence-corrected chi connectivity index (χ4v) is 1.09. The summed E-state index contributed by atoms with van der Waals surface area (Å²) in [4.78, 5) is 0.